The molecule has 16 heavy (non-hydrogen) atoms. The van der Waals surface area contributed by atoms with Crippen molar-refractivity contribution in [3.05, 3.63) is 53.1 Å². The number of hydrogen-bond acceptors (Lipinski definition) is 1. The van der Waals surface area contributed by atoms with Crippen LogP contribution >= 0.6 is 0 Å². The van der Waals surface area contributed by atoms with Crippen molar-refractivity contribution in [2.45, 2.75) is 25.8 Å². The maximum absolute atomic E-state index is 3.93. The zero-order valence-corrected chi connectivity index (χ0v) is 9.72. The lowest BCUT2D eigenvalue weighted by atomic mass is 9.78. The Bertz CT molecular complexity index is 482. The number of benzene rings is 1. The smallest absolute Gasteiger partial charge is 0.0369 e. The van der Waals surface area contributed by atoms with E-state index in [1.807, 2.05) is 6.08 Å². The summed E-state index contributed by atoms with van der Waals surface area (Å²) < 4.78 is 0. The topological polar surface area (TPSA) is 12.0 Å². The Balaban J connectivity index is 2.26. The summed E-state index contributed by atoms with van der Waals surface area (Å²) in [5, 5.41) is 3.62. The van der Waals surface area contributed by atoms with Gasteiger partial charge in [0.15, 0.2) is 0 Å². The first-order chi connectivity index (χ1) is 7.81. The fraction of sp³-hybridized carbons (Fsp3) is 0.333. The second kappa shape index (κ2) is 3.60. The van der Waals surface area contributed by atoms with E-state index < -0.39 is 0 Å². The Morgan fingerprint density at radius 3 is 3.12 bits per heavy atom. The summed E-state index contributed by atoms with van der Waals surface area (Å²) in [4.78, 5) is 0. The first-order valence-electron chi connectivity index (χ1n) is 5.99. The summed E-state index contributed by atoms with van der Waals surface area (Å²) in [5.41, 5.74) is 7.30. The second-order valence-electron chi connectivity index (χ2n) is 4.69. The molecule has 0 radical (unpaired) electrons. The number of allylic oxidation sites excluding steroid dienone is 2. The number of rotatable bonds is 1. The van der Waals surface area contributed by atoms with Crippen molar-refractivity contribution >= 4 is 5.57 Å². The molecule has 2 aliphatic rings. The Morgan fingerprint density at radius 1 is 1.44 bits per heavy atom. The van der Waals surface area contributed by atoms with Gasteiger partial charge in [-0.2, -0.15) is 0 Å². The van der Waals surface area contributed by atoms with E-state index in [9.17, 15) is 0 Å². The van der Waals surface area contributed by atoms with Crippen molar-refractivity contribution in [2.24, 2.45) is 0 Å². The van der Waals surface area contributed by atoms with Crippen LogP contribution in [-0.4, -0.2) is 6.54 Å². The number of hydrogen-bond donors (Lipinski definition) is 1. The van der Waals surface area contributed by atoms with Crippen molar-refractivity contribution < 1.29 is 0 Å². The van der Waals surface area contributed by atoms with Gasteiger partial charge in [0.2, 0.25) is 0 Å². The van der Waals surface area contributed by atoms with Gasteiger partial charge in [-0.05, 0) is 54.1 Å². The minimum absolute atomic E-state index is 0.511. The van der Waals surface area contributed by atoms with Crippen molar-refractivity contribution in [1.82, 2.24) is 5.32 Å². The van der Waals surface area contributed by atoms with Gasteiger partial charge >= 0.3 is 0 Å². The Labute approximate surface area is 96.9 Å². The van der Waals surface area contributed by atoms with Crippen molar-refractivity contribution in [3.8, 4) is 0 Å². The van der Waals surface area contributed by atoms with Crippen LogP contribution in [0.5, 0.6) is 0 Å². The minimum Gasteiger partial charge on any atom is -0.309 e. The molecule has 1 aliphatic carbocycles. The highest BCUT2D eigenvalue weighted by Gasteiger charge is 2.27. The van der Waals surface area contributed by atoms with E-state index in [0.717, 1.165) is 19.4 Å². The molecule has 0 fully saturated rings. The van der Waals surface area contributed by atoms with Crippen molar-refractivity contribution in [1.29, 1.82) is 0 Å². The molecule has 0 bridgehead atoms. The van der Waals surface area contributed by atoms with Crippen LogP contribution < -0.4 is 5.32 Å². The van der Waals surface area contributed by atoms with Crippen LogP contribution in [-0.2, 0) is 6.42 Å². The van der Waals surface area contributed by atoms with Crippen LogP contribution in [0.15, 0.2) is 36.4 Å². The highest BCUT2D eigenvalue weighted by atomic mass is 14.9. The van der Waals surface area contributed by atoms with Crippen LogP contribution in [0.25, 0.3) is 5.57 Å². The van der Waals surface area contributed by atoms with Crippen LogP contribution in [0, 0.1) is 0 Å². The van der Waals surface area contributed by atoms with E-state index in [2.05, 4.69) is 37.0 Å². The summed E-state index contributed by atoms with van der Waals surface area (Å²) in [6.07, 6.45) is 4.27. The lowest BCUT2D eigenvalue weighted by Gasteiger charge is -2.34. The van der Waals surface area contributed by atoms with E-state index in [-0.39, 0.29) is 0 Å². The van der Waals surface area contributed by atoms with Crippen molar-refractivity contribution in [2.75, 3.05) is 6.54 Å². The summed E-state index contributed by atoms with van der Waals surface area (Å²) in [6.45, 7) is 7.25. The average molecular weight is 211 g/mol. The first-order valence-corrected chi connectivity index (χ1v) is 5.99. The molecule has 1 unspecified atom stereocenters. The van der Waals surface area contributed by atoms with E-state index in [0.29, 0.717) is 6.04 Å². The third-order valence-corrected chi connectivity index (χ3v) is 3.89. The van der Waals surface area contributed by atoms with E-state index in [1.54, 1.807) is 0 Å². The molecule has 0 aromatic heterocycles. The molecule has 1 nitrogen and oxygen atoms in total. The van der Waals surface area contributed by atoms with Gasteiger partial charge in [0.1, 0.15) is 0 Å². The summed E-state index contributed by atoms with van der Waals surface area (Å²) in [5.74, 6) is 0. The van der Waals surface area contributed by atoms with E-state index in [1.165, 1.54) is 27.8 Å². The number of nitrogens with one attached hydrogen (secondary N) is 1. The summed E-state index contributed by atoms with van der Waals surface area (Å²) >= 11 is 0. The standard InChI is InChI=1S/C15H17N/c1-3-11-9-14-15-12(7-8-16-14)5-4-6-13(15)10(11)2/h3-6,14,16H,1,7-9H2,2H3. The molecular weight excluding hydrogens is 194 g/mol. The molecule has 0 spiro atoms. The van der Waals surface area contributed by atoms with Crippen molar-refractivity contribution in [3.63, 3.8) is 0 Å². The quantitative estimate of drug-likeness (QED) is 0.752. The highest BCUT2D eigenvalue weighted by molar-refractivity contribution is 5.75. The van der Waals surface area contributed by atoms with Crippen LogP contribution in [0.1, 0.15) is 36.1 Å². The van der Waals surface area contributed by atoms with Gasteiger partial charge in [0, 0.05) is 6.04 Å². The maximum Gasteiger partial charge on any atom is 0.0369 e. The zero-order valence-electron chi connectivity index (χ0n) is 9.72. The van der Waals surface area contributed by atoms with Gasteiger partial charge in [-0.25, -0.2) is 0 Å². The summed E-state index contributed by atoms with van der Waals surface area (Å²) in [7, 11) is 0. The Morgan fingerprint density at radius 2 is 2.31 bits per heavy atom. The predicted octanol–water partition coefficient (Wildman–Crippen LogP) is 3.24. The molecule has 82 valence electrons. The van der Waals surface area contributed by atoms with Crippen LogP contribution in [0.3, 0.4) is 0 Å². The fourth-order valence-electron chi connectivity index (χ4n) is 3.01. The average Bonchev–Trinajstić information content (AvgIpc) is 2.33. The van der Waals surface area contributed by atoms with Gasteiger partial charge in [-0.15, -0.1) is 0 Å². The molecule has 1 N–H and O–H groups in total. The molecule has 1 aromatic carbocycles. The fourth-order valence-corrected chi connectivity index (χ4v) is 3.01. The summed E-state index contributed by atoms with van der Waals surface area (Å²) in [6, 6.07) is 7.22. The predicted molar refractivity (Wildman–Crippen MR) is 68.3 cm³/mol. The Hall–Kier alpha value is -1.34. The molecule has 0 saturated carbocycles. The highest BCUT2D eigenvalue weighted by Crippen LogP contribution is 2.40. The lowest BCUT2D eigenvalue weighted by Crippen LogP contribution is -2.32. The van der Waals surface area contributed by atoms with Gasteiger partial charge in [-0.3, -0.25) is 0 Å². The minimum atomic E-state index is 0.511. The van der Waals surface area contributed by atoms with E-state index >= 15 is 0 Å². The van der Waals surface area contributed by atoms with Crippen LogP contribution in [0.4, 0.5) is 0 Å². The molecule has 1 heteroatoms. The molecule has 0 saturated heterocycles. The maximum atomic E-state index is 3.93. The second-order valence-corrected chi connectivity index (χ2v) is 4.69. The third-order valence-electron chi connectivity index (χ3n) is 3.89. The molecule has 1 heterocycles. The molecule has 0 amide bonds. The lowest BCUT2D eigenvalue weighted by molar-refractivity contribution is 0.498. The largest absolute Gasteiger partial charge is 0.309 e. The SMILES string of the molecule is C=CC1=C(C)c2cccc3c2C(C1)NCC3. The van der Waals surface area contributed by atoms with Gasteiger partial charge < -0.3 is 5.32 Å². The van der Waals surface area contributed by atoms with Gasteiger partial charge in [0.05, 0.1) is 0 Å². The zero-order chi connectivity index (χ0) is 11.1. The van der Waals surface area contributed by atoms with E-state index in [4.69, 9.17) is 0 Å². The Kier molecular flexibility index (Phi) is 2.22. The van der Waals surface area contributed by atoms with Gasteiger partial charge in [0.25, 0.3) is 0 Å². The molecule has 1 aromatic rings. The molecule has 3 rings (SSSR count). The first kappa shape index (κ1) is 9.86. The van der Waals surface area contributed by atoms with Gasteiger partial charge in [-0.1, -0.05) is 30.9 Å². The normalized spacial score (nSPS) is 22.9. The molecular formula is C15H17N. The molecule has 1 atom stereocenters. The molecule has 1 aliphatic heterocycles. The third kappa shape index (κ3) is 1.28. The monoisotopic (exact) mass is 211 g/mol. The van der Waals surface area contributed by atoms with Crippen LogP contribution in [0.2, 0.25) is 0 Å².